The molecule has 0 aromatic carbocycles. The number of hydrogen-bond acceptors (Lipinski definition) is 4. The molecule has 3 nitrogen and oxygen atoms in total. The normalized spacial score (nSPS) is 11.1. The fraction of sp³-hybridized carbons (Fsp3) is 0.364. The Morgan fingerprint density at radius 3 is 3.07 bits per heavy atom. The maximum absolute atomic E-state index is 5.03. The van der Waals surface area contributed by atoms with Crippen LogP contribution in [0.3, 0.4) is 0 Å². The Labute approximate surface area is 93.2 Å². The quantitative estimate of drug-likeness (QED) is 0.864. The molecule has 0 aliphatic heterocycles. The van der Waals surface area contributed by atoms with Gasteiger partial charge in [0.25, 0.3) is 0 Å². The van der Waals surface area contributed by atoms with Crippen LogP contribution in [-0.2, 0) is 6.54 Å². The maximum Gasteiger partial charge on any atom is 0.107 e. The van der Waals surface area contributed by atoms with E-state index in [4.69, 9.17) is 4.42 Å². The van der Waals surface area contributed by atoms with Gasteiger partial charge in [-0.2, -0.15) is 0 Å². The van der Waals surface area contributed by atoms with Gasteiger partial charge in [-0.25, -0.2) is 4.98 Å². The van der Waals surface area contributed by atoms with E-state index >= 15 is 0 Å². The highest BCUT2D eigenvalue weighted by atomic mass is 32.1. The lowest BCUT2D eigenvalue weighted by Gasteiger charge is -2.04. The van der Waals surface area contributed by atoms with Crippen molar-refractivity contribution in [3.8, 4) is 11.3 Å². The van der Waals surface area contributed by atoms with Crippen LogP contribution in [0.1, 0.15) is 18.9 Å². The average molecular weight is 222 g/mol. The third-order valence-corrected chi connectivity index (χ3v) is 2.88. The zero-order valence-corrected chi connectivity index (χ0v) is 9.67. The summed E-state index contributed by atoms with van der Waals surface area (Å²) in [5.41, 5.74) is 2.04. The van der Waals surface area contributed by atoms with Gasteiger partial charge in [-0.15, -0.1) is 11.3 Å². The topological polar surface area (TPSA) is 38.1 Å². The van der Waals surface area contributed by atoms with Crippen LogP contribution in [-0.4, -0.2) is 11.0 Å². The zero-order chi connectivity index (χ0) is 10.7. The van der Waals surface area contributed by atoms with Crippen molar-refractivity contribution in [1.82, 2.24) is 10.3 Å². The van der Waals surface area contributed by atoms with Crippen LogP contribution in [0.25, 0.3) is 11.3 Å². The van der Waals surface area contributed by atoms with Crippen LogP contribution in [0.15, 0.2) is 28.4 Å². The molecule has 0 bridgehead atoms. The van der Waals surface area contributed by atoms with Crippen LogP contribution in [0.2, 0.25) is 0 Å². The fourth-order valence-corrected chi connectivity index (χ4v) is 1.98. The molecule has 0 unspecified atom stereocenters. The van der Waals surface area contributed by atoms with Crippen molar-refractivity contribution in [2.45, 2.75) is 26.4 Å². The predicted octanol–water partition coefficient (Wildman–Crippen LogP) is 2.90. The molecule has 0 saturated heterocycles. The van der Waals surface area contributed by atoms with Crippen LogP contribution >= 0.6 is 11.3 Å². The largest absolute Gasteiger partial charge is 0.472 e. The van der Waals surface area contributed by atoms with Crippen molar-refractivity contribution >= 4 is 11.3 Å². The van der Waals surface area contributed by atoms with Gasteiger partial charge < -0.3 is 9.73 Å². The van der Waals surface area contributed by atoms with Crippen molar-refractivity contribution in [2.75, 3.05) is 0 Å². The summed E-state index contributed by atoms with van der Waals surface area (Å²) in [6, 6.07) is 2.42. The number of thiazole rings is 1. The summed E-state index contributed by atoms with van der Waals surface area (Å²) < 4.78 is 5.03. The molecule has 0 atom stereocenters. The second-order valence-corrected chi connectivity index (χ2v) is 4.62. The van der Waals surface area contributed by atoms with Gasteiger partial charge in [0.15, 0.2) is 0 Å². The molecule has 15 heavy (non-hydrogen) atoms. The second kappa shape index (κ2) is 4.59. The van der Waals surface area contributed by atoms with Gasteiger partial charge in [-0.1, -0.05) is 13.8 Å². The molecular weight excluding hydrogens is 208 g/mol. The van der Waals surface area contributed by atoms with Gasteiger partial charge >= 0.3 is 0 Å². The molecular formula is C11H14N2OS. The SMILES string of the molecule is CC(C)NCc1nc(-c2ccoc2)cs1. The molecule has 4 heteroatoms. The number of rotatable bonds is 4. The molecule has 0 aliphatic carbocycles. The number of nitrogens with zero attached hydrogens (tertiary/aromatic N) is 1. The van der Waals surface area contributed by atoms with E-state index < -0.39 is 0 Å². The van der Waals surface area contributed by atoms with Gasteiger partial charge in [0.1, 0.15) is 5.01 Å². The number of aromatic nitrogens is 1. The van der Waals surface area contributed by atoms with Crippen LogP contribution < -0.4 is 5.32 Å². The Bertz CT molecular complexity index is 406. The molecule has 0 spiro atoms. The molecule has 0 aliphatic rings. The fourth-order valence-electron chi connectivity index (χ4n) is 1.23. The van der Waals surface area contributed by atoms with Crippen molar-refractivity contribution < 1.29 is 4.42 Å². The first-order valence-corrected chi connectivity index (χ1v) is 5.84. The number of hydrogen-bond donors (Lipinski definition) is 1. The molecule has 80 valence electrons. The second-order valence-electron chi connectivity index (χ2n) is 3.67. The average Bonchev–Trinajstić information content (AvgIpc) is 2.85. The van der Waals surface area contributed by atoms with E-state index in [2.05, 4.69) is 29.5 Å². The minimum Gasteiger partial charge on any atom is -0.472 e. The van der Waals surface area contributed by atoms with Crippen molar-refractivity contribution in [1.29, 1.82) is 0 Å². The lowest BCUT2D eigenvalue weighted by atomic mass is 10.3. The monoisotopic (exact) mass is 222 g/mol. The first kappa shape index (κ1) is 10.4. The third-order valence-electron chi connectivity index (χ3n) is 2.03. The van der Waals surface area contributed by atoms with E-state index in [1.54, 1.807) is 23.9 Å². The van der Waals surface area contributed by atoms with E-state index in [-0.39, 0.29) is 0 Å². The highest BCUT2D eigenvalue weighted by Gasteiger charge is 2.05. The highest BCUT2D eigenvalue weighted by Crippen LogP contribution is 2.21. The first-order valence-electron chi connectivity index (χ1n) is 4.96. The van der Waals surface area contributed by atoms with Crippen molar-refractivity contribution in [3.63, 3.8) is 0 Å². The molecule has 1 N–H and O–H groups in total. The molecule has 2 aromatic heterocycles. The maximum atomic E-state index is 5.03. The standard InChI is InChI=1S/C11H14N2OS/c1-8(2)12-5-11-13-10(7-15-11)9-3-4-14-6-9/h3-4,6-8,12H,5H2,1-2H3. The molecule has 2 heterocycles. The molecule has 0 amide bonds. The summed E-state index contributed by atoms with van der Waals surface area (Å²) in [6.07, 6.45) is 3.38. The van der Waals surface area contributed by atoms with E-state index in [1.807, 2.05) is 6.07 Å². The van der Waals surface area contributed by atoms with Crippen molar-refractivity contribution in [2.24, 2.45) is 0 Å². The lowest BCUT2D eigenvalue weighted by Crippen LogP contribution is -2.21. The lowest BCUT2D eigenvalue weighted by molar-refractivity contribution is 0.568. The first-order chi connectivity index (χ1) is 7.25. The minimum absolute atomic E-state index is 0.492. The van der Waals surface area contributed by atoms with E-state index in [1.165, 1.54) is 0 Å². The third kappa shape index (κ3) is 2.67. The van der Waals surface area contributed by atoms with E-state index in [9.17, 15) is 0 Å². The van der Waals surface area contributed by atoms with Gasteiger partial charge in [-0.05, 0) is 6.07 Å². The van der Waals surface area contributed by atoms with Crippen LogP contribution in [0.4, 0.5) is 0 Å². The summed E-state index contributed by atoms with van der Waals surface area (Å²) >= 11 is 1.67. The molecule has 0 fully saturated rings. The summed E-state index contributed by atoms with van der Waals surface area (Å²) in [5.74, 6) is 0. The Morgan fingerprint density at radius 2 is 2.40 bits per heavy atom. The van der Waals surface area contributed by atoms with E-state index in [0.717, 1.165) is 22.8 Å². The van der Waals surface area contributed by atoms with Gasteiger partial charge in [0.2, 0.25) is 0 Å². The van der Waals surface area contributed by atoms with Gasteiger partial charge in [0.05, 0.1) is 18.2 Å². The Kier molecular flexibility index (Phi) is 3.18. The van der Waals surface area contributed by atoms with Crippen LogP contribution in [0, 0.1) is 0 Å². The Morgan fingerprint density at radius 1 is 1.53 bits per heavy atom. The molecule has 0 saturated carbocycles. The zero-order valence-electron chi connectivity index (χ0n) is 8.86. The minimum atomic E-state index is 0.492. The van der Waals surface area contributed by atoms with Crippen molar-refractivity contribution in [3.05, 3.63) is 29.0 Å². The van der Waals surface area contributed by atoms with Crippen LogP contribution in [0.5, 0.6) is 0 Å². The predicted molar refractivity (Wildman–Crippen MR) is 61.8 cm³/mol. The number of furan rings is 1. The summed E-state index contributed by atoms with van der Waals surface area (Å²) in [5, 5.41) is 6.51. The summed E-state index contributed by atoms with van der Waals surface area (Å²) in [4.78, 5) is 4.52. The van der Waals surface area contributed by atoms with Gasteiger partial charge in [-0.3, -0.25) is 0 Å². The molecule has 2 rings (SSSR count). The van der Waals surface area contributed by atoms with Gasteiger partial charge in [0, 0.05) is 23.5 Å². The highest BCUT2D eigenvalue weighted by molar-refractivity contribution is 7.09. The number of nitrogens with one attached hydrogen (secondary N) is 1. The Hall–Kier alpha value is -1.13. The van der Waals surface area contributed by atoms with E-state index in [0.29, 0.717) is 6.04 Å². The smallest absolute Gasteiger partial charge is 0.107 e. The molecule has 0 radical (unpaired) electrons. The summed E-state index contributed by atoms with van der Waals surface area (Å²) in [6.45, 7) is 5.09. The summed E-state index contributed by atoms with van der Waals surface area (Å²) in [7, 11) is 0. The Balaban J connectivity index is 2.04. The molecule has 2 aromatic rings.